The molecule has 2 saturated carbocycles. The average Bonchev–Trinajstić information content (AvgIpc) is 3.66. The van der Waals surface area contributed by atoms with E-state index in [-0.39, 0.29) is 18.4 Å². The molecule has 1 spiro atoms. The third-order valence-electron chi connectivity index (χ3n) is 6.30. The smallest absolute Gasteiger partial charge is 0.268 e. The van der Waals surface area contributed by atoms with Crippen LogP contribution in [0.25, 0.3) is 10.9 Å². The maximum atomic E-state index is 12.4. The third kappa shape index (κ3) is 3.91. The highest BCUT2D eigenvalue weighted by Gasteiger charge is 2.45. The number of rotatable bonds is 4. The number of carbonyl (C=O) groups excluding carboxylic acids is 2. The molecular formula is C22H30N4O2. The van der Waals surface area contributed by atoms with Gasteiger partial charge in [-0.2, -0.15) is 0 Å². The highest BCUT2D eigenvalue weighted by molar-refractivity contribution is 5.99. The Hall–Kier alpha value is -2.37. The van der Waals surface area contributed by atoms with Gasteiger partial charge in [0, 0.05) is 30.1 Å². The molecule has 2 amide bonds. The van der Waals surface area contributed by atoms with E-state index in [4.69, 9.17) is 0 Å². The lowest BCUT2D eigenvalue weighted by Gasteiger charge is -2.32. The first-order valence-electron chi connectivity index (χ1n) is 10.7. The van der Waals surface area contributed by atoms with Crippen molar-refractivity contribution < 1.29 is 9.59 Å². The van der Waals surface area contributed by atoms with Crippen molar-refractivity contribution in [3.63, 3.8) is 0 Å². The van der Waals surface area contributed by atoms with E-state index in [2.05, 4.69) is 21.4 Å². The predicted molar refractivity (Wildman–Crippen MR) is 109 cm³/mol. The molecule has 6 heteroatoms. The second-order valence-electron chi connectivity index (χ2n) is 8.22. The number of hydrogen-bond acceptors (Lipinski definition) is 3. The zero-order chi connectivity index (χ0) is 19.7. The number of pyridine rings is 1. The summed E-state index contributed by atoms with van der Waals surface area (Å²) in [6, 6.07) is 3.91. The second-order valence-corrected chi connectivity index (χ2v) is 8.22. The van der Waals surface area contributed by atoms with Crippen LogP contribution in [0.3, 0.4) is 0 Å². The van der Waals surface area contributed by atoms with Crippen LogP contribution in [-0.4, -0.2) is 46.3 Å². The Bertz CT molecular complexity index is 870. The summed E-state index contributed by atoms with van der Waals surface area (Å²) in [6.45, 7) is 5.72. The van der Waals surface area contributed by atoms with Gasteiger partial charge >= 0.3 is 0 Å². The van der Waals surface area contributed by atoms with Crippen LogP contribution in [0.5, 0.6) is 0 Å². The van der Waals surface area contributed by atoms with E-state index in [9.17, 15) is 9.59 Å². The number of amides is 2. The number of hydrogen-bond donors (Lipinski definition) is 2. The number of aromatic nitrogens is 2. The van der Waals surface area contributed by atoms with Gasteiger partial charge in [0.15, 0.2) is 0 Å². The summed E-state index contributed by atoms with van der Waals surface area (Å²) in [5.41, 5.74) is 3.00. The number of fused-ring (bicyclic) bond motifs is 1. The van der Waals surface area contributed by atoms with Crippen molar-refractivity contribution in [2.45, 2.75) is 58.3 Å². The van der Waals surface area contributed by atoms with Gasteiger partial charge in [0.1, 0.15) is 5.69 Å². The summed E-state index contributed by atoms with van der Waals surface area (Å²) < 4.78 is 0. The van der Waals surface area contributed by atoms with Gasteiger partial charge in [-0.1, -0.05) is 13.8 Å². The van der Waals surface area contributed by atoms with E-state index in [1.165, 1.54) is 25.7 Å². The van der Waals surface area contributed by atoms with Crippen LogP contribution in [-0.2, 0) is 4.79 Å². The summed E-state index contributed by atoms with van der Waals surface area (Å²) in [6.07, 6.45) is 9.08. The fourth-order valence-corrected chi connectivity index (χ4v) is 4.04. The molecule has 3 heterocycles. The molecule has 0 bridgehead atoms. The van der Waals surface area contributed by atoms with E-state index in [0.717, 1.165) is 42.5 Å². The lowest BCUT2D eigenvalue weighted by atomic mass is 9.94. The quantitative estimate of drug-likeness (QED) is 0.848. The van der Waals surface area contributed by atoms with E-state index in [1.807, 2.05) is 24.8 Å². The van der Waals surface area contributed by atoms with E-state index in [1.54, 1.807) is 6.20 Å². The Morgan fingerprint density at radius 3 is 2.54 bits per heavy atom. The van der Waals surface area contributed by atoms with Crippen LogP contribution < -0.4 is 5.32 Å². The molecule has 2 aromatic rings. The fourth-order valence-electron chi connectivity index (χ4n) is 4.04. The molecule has 150 valence electrons. The summed E-state index contributed by atoms with van der Waals surface area (Å²) in [4.78, 5) is 34.2. The van der Waals surface area contributed by atoms with Crippen molar-refractivity contribution in [2.75, 3.05) is 19.6 Å². The van der Waals surface area contributed by atoms with Crippen LogP contribution in [0.2, 0.25) is 0 Å². The lowest BCUT2D eigenvalue weighted by Crippen LogP contribution is -2.44. The molecule has 1 aliphatic heterocycles. The topological polar surface area (TPSA) is 78.1 Å². The SMILES string of the molecule is CC.O=C(NCC(=O)N1CCC2(CC1)CC2)c1cc2cc(C3CC3)ncc2[nH]1. The van der Waals surface area contributed by atoms with Gasteiger partial charge in [-0.25, -0.2) is 0 Å². The second kappa shape index (κ2) is 7.57. The van der Waals surface area contributed by atoms with Crippen LogP contribution >= 0.6 is 0 Å². The molecule has 0 unspecified atom stereocenters. The number of nitrogens with one attached hydrogen (secondary N) is 2. The molecule has 5 rings (SSSR count). The standard InChI is InChI=1S/C20H24N4O2.C2H6/c25-18(24-7-5-20(3-4-20)6-8-24)12-22-19(26)16-10-14-9-15(13-1-2-13)21-11-17(14)23-16;1-2/h9-11,13,23H,1-8,12H2,(H,22,26);1-2H3. The molecule has 3 fully saturated rings. The Morgan fingerprint density at radius 2 is 1.89 bits per heavy atom. The van der Waals surface area contributed by atoms with Gasteiger partial charge in [0.05, 0.1) is 18.3 Å². The number of carbonyl (C=O) groups is 2. The van der Waals surface area contributed by atoms with Crippen LogP contribution in [0.15, 0.2) is 18.3 Å². The van der Waals surface area contributed by atoms with Gasteiger partial charge in [0.25, 0.3) is 5.91 Å². The van der Waals surface area contributed by atoms with Gasteiger partial charge in [0.2, 0.25) is 5.91 Å². The minimum atomic E-state index is -0.238. The monoisotopic (exact) mass is 382 g/mol. The number of piperidine rings is 1. The number of nitrogens with zero attached hydrogens (tertiary/aromatic N) is 2. The molecular weight excluding hydrogens is 352 g/mol. The Balaban J connectivity index is 0.000000932. The minimum absolute atomic E-state index is 0.0163. The van der Waals surface area contributed by atoms with Gasteiger partial charge < -0.3 is 15.2 Å². The first-order chi connectivity index (χ1) is 13.6. The van der Waals surface area contributed by atoms with Crippen molar-refractivity contribution >= 4 is 22.7 Å². The van der Waals surface area contributed by atoms with E-state index >= 15 is 0 Å². The van der Waals surface area contributed by atoms with Crippen LogP contribution in [0.4, 0.5) is 0 Å². The van der Waals surface area contributed by atoms with Crippen LogP contribution in [0, 0.1) is 5.41 Å². The lowest BCUT2D eigenvalue weighted by molar-refractivity contribution is -0.131. The van der Waals surface area contributed by atoms with Crippen molar-refractivity contribution in [2.24, 2.45) is 5.41 Å². The van der Waals surface area contributed by atoms with Gasteiger partial charge in [-0.05, 0) is 56.1 Å². The number of H-pyrrole nitrogens is 1. The van der Waals surface area contributed by atoms with Gasteiger partial charge in [-0.3, -0.25) is 14.6 Å². The van der Waals surface area contributed by atoms with E-state index in [0.29, 0.717) is 17.0 Å². The first kappa shape index (κ1) is 19.0. The normalized spacial score (nSPS) is 19.9. The van der Waals surface area contributed by atoms with Crippen molar-refractivity contribution in [3.8, 4) is 0 Å². The zero-order valence-electron chi connectivity index (χ0n) is 16.9. The highest BCUT2D eigenvalue weighted by atomic mass is 16.2. The molecule has 1 saturated heterocycles. The highest BCUT2D eigenvalue weighted by Crippen LogP contribution is 2.53. The predicted octanol–water partition coefficient (Wildman–Crippen LogP) is 3.60. The Morgan fingerprint density at radius 1 is 1.18 bits per heavy atom. The van der Waals surface area contributed by atoms with Crippen molar-refractivity contribution in [1.82, 2.24) is 20.2 Å². The molecule has 2 aromatic heterocycles. The largest absolute Gasteiger partial charge is 0.349 e. The Labute approximate surface area is 166 Å². The summed E-state index contributed by atoms with van der Waals surface area (Å²) >= 11 is 0. The van der Waals surface area contributed by atoms with Crippen LogP contribution in [0.1, 0.15) is 74.5 Å². The maximum absolute atomic E-state index is 12.4. The first-order valence-corrected chi connectivity index (χ1v) is 10.7. The maximum Gasteiger partial charge on any atom is 0.268 e. The molecule has 2 aliphatic carbocycles. The van der Waals surface area contributed by atoms with E-state index < -0.39 is 0 Å². The number of aromatic amines is 1. The third-order valence-corrected chi connectivity index (χ3v) is 6.30. The molecule has 0 atom stereocenters. The molecule has 3 aliphatic rings. The van der Waals surface area contributed by atoms with Gasteiger partial charge in [-0.15, -0.1) is 0 Å². The number of likely N-dealkylation sites (tertiary alicyclic amines) is 1. The molecule has 2 N–H and O–H groups in total. The van der Waals surface area contributed by atoms with Crippen molar-refractivity contribution in [1.29, 1.82) is 0 Å². The molecule has 6 nitrogen and oxygen atoms in total. The van der Waals surface area contributed by atoms with Crippen molar-refractivity contribution in [3.05, 3.63) is 29.7 Å². The molecule has 0 aromatic carbocycles. The minimum Gasteiger partial charge on any atom is -0.349 e. The molecule has 28 heavy (non-hydrogen) atoms. The zero-order valence-corrected chi connectivity index (χ0v) is 16.9. The summed E-state index contributed by atoms with van der Waals surface area (Å²) in [5, 5.41) is 3.77. The average molecular weight is 383 g/mol. The summed E-state index contributed by atoms with van der Waals surface area (Å²) in [7, 11) is 0. The summed E-state index contributed by atoms with van der Waals surface area (Å²) in [5.74, 6) is 0.365. The Kier molecular flexibility index (Phi) is 5.13. The molecule has 0 radical (unpaired) electrons. The fraction of sp³-hybridized carbons (Fsp3) is 0.591.